The first-order valence-corrected chi connectivity index (χ1v) is 5.73. The zero-order valence-electron chi connectivity index (χ0n) is 10.7. The van der Waals surface area contributed by atoms with Crippen molar-refractivity contribution in [3.63, 3.8) is 0 Å². The SMILES string of the molecule is Cc1cnc(CNc2nc(NN)ccc2[N+](=O)[O-])cn1. The first kappa shape index (κ1) is 13.6. The third kappa shape index (κ3) is 3.14. The van der Waals surface area contributed by atoms with Crippen molar-refractivity contribution >= 4 is 17.3 Å². The maximum Gasteiger partial charge on any atom is 0.311 e. The number of nitro groups is 1. The van der Waals surface area contributed by atoms with E-state index < -0.39 is 4.92 Å². The molecule has 0 atom stereocenters. The minimum atomic E-state index is -0.517. The zero-order valence-corrected chi connectivity index (χ0v) is 10.7. The highest BCUT2D eigenvalue weighted by Crippen LogP contribution is 2.23. The molecule has 9 nitrogen and oxygen atoms in total. The number of aryl methyl sites for hydroxylation is 1. The summed E-state index contributed by atoms with van der Waals surface area (Å²) in [5, 5.41) is 13.8. The Morgan fingerprint density at radius 1 is 1.35 bits per heavy atom. The smallest absolute Gasteiger partial charge is 0.311 e. The van der Waals surface area contributed by atoms with Gasteiger partial charge in [0, 0.05) is 12.3 Å². The predicted molar refractivity (Wildman–Crippen MR) is 72.8 cm³/mol. The van der Waals surface area contributed by atoms with Gasteiger partial charge in [0.2, 0.25) is 5.82 Å². The summed E-state index contributed by atoms with van der Waals surface area (Å²) in [6, 6.07) is 2.75. The van der Waals surface area contributed by atoms with E-state index in [1.807, 2.05) is 6.92 Å². The Labute approximate surface area is 114 Å². The van der Waals surface area contributed by atoms with E-state index in [-0.39, 0.29) is 18.1 Å². The molecule has 0 amide bonds. The van der Waals surface area contributed by atoms with Crippen molar-refractivity contribution in [2.75, 3.05) is 10.7 Å². The van der Waals surface area contributed by atoms with Crippen LogP contribution in [0.5, 0.6) is 0 Å². The first-order valence-electron chi connectivity index (χ1n) is 5.73. The van der Waals surface area contributed by atoms with Crippen molar-refractivity contribution in [3.8, 4) is 0 Å². The van der Waals surface area contributed by atoms with Gasteiger partial charge in [0.15, 0.2) is 0 Å². The summed E-state index contributed by atoms with van der Waals surface area (Å²) in [5.41, 5.74) is 3.65. The monoisotopic (exact) mass is 275 g/mol. The van der Waals surface area contributed by atoms with Crippen LogP contribution in [-0.4, -0.2) is 19.9 Å². The Hall–Kier alpha value is -2.81. The molecule has 0 saturated heterocycles. The summed E-state index contributed by atoms with van der Waals surface area (Å²) in [7, 11) is 0. The van der Waals surface area contributed by atoms with Crippen LogP contribution in [-0.2, 0) is 6.54 Å². The Morgan fingerprint density at radius 3 is 2.75 bits per heavy atom. The van der Waals surface area contributed by atoms with E-state index in [4.69, 9.17) is 5.84 Å². The second kappa shape index (κ2) is 5.89. The fraction of sp³-hybridized carbons (Fsp3) is 0.182. The summed E-state index contributed by atoms with van der Waals surface area (Å²) in [4.78, 5) is 22.7. The molecule has 9 heteroatoms. The molecular weight excluding hydrogens is 262 g/mol. The molecule has 2 heterocycles. The van der Waals surface area contributed by atoms with Crippen molar-refractivity contribution < 1.29 is 4.92 Å². The van der Waals surface area contributed by atoms with Gasteiger partial charge in [-0.3, -0.25) is 20.1 Å². The molecular formula is C11H13N7O2. The largest absolute Gasteiger partial charge is 0.359 e. The quantitative estimate of drug-likeness (QED) is 0.418. The number of anilines is 2. The maximum absolute atomic E-state index is 10.9. The van der Waals surface area contributed by atoms with E-state index in [2.05, 4.69) is 25.7 Å². The molecule has 0 aromatic carbocycles. The van der Waals surface area contributed by atoms with Crippen LogP contribution < -0.4 is 16.6 Å². The summed E-state index contributed by atoms with van der Waals surface area (Å²) in [6.45, 7) is 2.10. The average molecular weight is 275 g/mol. The summed E-state index contributed by atoms with van der Waals surface area (Å²) < 4.78 is 0. The number of hydrogen-bond acceptors (Lipinski definition) is 8. The van der Waals surface area contributed by atoms with E-state index in [1.54, 1.807) is 12.4 Å². The first-order chi connectivity index (χ1) is 9.60. The van der Waals surface area contributed by atoms with E-state index in [1.165, 1.54) is 12.1 Å². The Kier molecular flexibility index (Phi) is 4.01. The molecule has 0 radical (unpaired) electrons. The van der Waals surface area contributed by atoms with Gasteiger partial charge in [-0.15, -0.1) is 0 Å². The van der Waals surface area contributed by atoms with Gasteiger partial charge < -0.3 is 10.7 Å². The fourth-order valence-corrected chi connectivity index (χ4v) is 1.49. The number of rotatable bonds is 5. The Morgan fingerprint density at radius 2 is 2.15 bits per heavy atom. The molecule has 4 N–H and O–H groups in total. The summed E-state index contributed by atoms with van der Waals surface area (Å²) in [6.07, 6.45) is 3.22. The summed E-state index contributed by atoms with van der Waals surface area (Å²) >= 11 is 0. The number of nitrogen functional groups attached to an aromatic ring is 1. The molecule has 0 aliphatic carbocycles. The minimum absolute atomic E-state index is 0.118. The van der Waals surface area contributed by atoms with Crippen LogP contribution in [0, 0.1) is 17.0 Å². The molecule has 0 bridgehead atoms. The molecule has 0 aliphatic heterocycles. The van der Waals surface area contributed by atoms with Gasteiger partial charge in [-0.05, 0) is 13.0 Å². The minimum Gasteiger partial charge on any atom is -0.359 e. The lowest BCUT2D eigenvalue weighted by Gasteiger charge is -2.07. The molecule has 0 aliphatic rings. The van der Waals surface area contributed by atoms with E-state index in [0.29, 0.717) is 11.5 Å². The number of nitrogens with zero attached hydrogens (tertiary/aromatic N) is 4. The number of hydrogen-bond donors (Lipinski definition) is 3. The van der Waals surface area contributed by atoms with Gasteiger partial charge in [0.25, 0.3) is 0 Å². The third-order valence-electron chi connectivity index (χ3n) is 2.49. The van der Waals surface area contributed by atoms with Crippen molar-refractivity contribution in [2.45, 2.75) is 13.5 Å². The van der Waals surface area contributed by atoms with Gasteiger partial charge in [-0.25, -0.2) is 10.8 Å². The van der Waals surface area contributed by atoms with Crippen molar-refractivity contribution in [1.82, 2.24) is 15.0 Å². The number of nitrogens with one attached hydrogen (secondary N) is 2. The number of hydrazine groups is 1. The van der Waals surface area contributed by atoms with E-state index in [9.17, 15) is 10.1 Å². The lowest BCUT2D eigenvalue weighted by molar-refractivity contribution is -0.384. The fourth-order valence-electron chi connectivity index (χ4n) is 1.49. The molecule has 0 saturated carbocycles. The zero-order chi connectivity index (χ0) is 14.5. The number of aromatic nitrogens is 3. The molecule has 0 fully saturated rings. The van der Waals surface area contributed by atoms with Crippen LogP contribution in [0.25, 0.3) is 0 Å². The van der Waals surface area contributed by atoms with Crippen molar-refractivity contribution in [3.05, 3.63) is 46.0 Å². The molecule has 0 unspecified atom stereocenters. The maximum atomic E-state index is 10.9. The molecule has 2 aromatic rings. The molecule has 20 heavy (non-hydrogen) atoms. The van der Waals surface area contributed by atoms with Gasteiger partial charge in [-0.1, -0.05) is 0 Å². The Balaban J connectivity index is 2.18. The highest BCUT2D eigenvalue weighted by atomic mass is 16.6. The van der Waals surface area contributed by atoms with Gasteiger partial charge in [-0.2, -0.15) is 0 Å². The highest BCUT2D eigenvalue weighted by Gasteiger charge is 2.15. The average Bonchev–Trinajstić information content (AvgIpc) is 2.46. The van der Waals surface area contributed by atoms with E-state index >= 15 is 0 Å². The molecule has 2 aromatic heterocycles. The molecule has 0 spiro atoms. The van der Waals surface area contributed by atoms with Crippen LogP contribution in [0.15, 0.2) is 24.5 Å². The lowest BCUT2D eigenvalue weighted by atomic mass is 10.3. The van der Waals surface area contributed by atoms with Gasteiger partial charge in [0.1, 0.15) is 5.82 Å². The van der Waals surface area contributed by atoms with Gasteiger partial charge >= 0.3 is 5.69 Å². The summed E-state index contributed by atoms with van der Waals surface area (Å²) in [5.74, 6) is 5.68. The molecule has 2 rings (SSSR count). The Bertz CT molecular complexity index is 615. The number of nitrogens with two attached hydrogens (primary N) is 1. The van der Waals surface area contributed by atoms with Gasteiger partial charge in [0.05, 0.1) is 29.1 Å². The predicted octanol–water partition coefficient (Wildman–Crippen LogP) is 0.986. The van der Waals surface area contributed by atoms with Crippen LogP contribution in [0.2, 0.25) is 0 Å². The second-order valence-corrected chi connectivity index (χ2v) is 3.97. The van der Waals surface area contributed by atoms with Crippen molar-refractivity contribution in [2.24, 2.45) is 5.84 Å². The van der Waals surface area contributed by atoms with Crippen LogP contribution >= 0.6 is 0 Å². The molecule has 104 valence electrons. The lowest BCUT2D eigenvalue weighted by Crippen LogP contribution is -2.11. The van der Waals surface area contributed by atoms with E-state index in [0.717, 1.165) is 5.69 Å². The highest BCUT2D eigenvalue weighted by molar-refractivity contribution is 5.59. The number of pyridine rings is 1. The van der Waals surface area contributed by atoms with Crippen LogP contribution in [0.3, 0.4) is 0 Å². The standard InChI is InChI=1S/C11H13N7O2/c1-7-4-14-8(5-13-7)6-15-11-9(18(19)20)2-3-10(16-11)17-12/h2-5H,6,12H2,1H3,(H2,15,16,17). The third-order valence-corrected chi connectivity index (χ3v) is 2.49. The topological polar surface area (TPSA) is 132 Å². The second-order valence-electron chi connectivity index (χ2n) is 3.97. The van der Waals surface area contributed by atoms with Crippen molar-refractivity contribution in [1.29, 1.82) is 0 Å². The van der Waals surface area contributed by atoms with Crippen LogP contribution in [0.1, 0.15) is 11.4 Å². The van der Waals surface area contributed by atoms with Crippen LogP contribution in [0.4, 0.5) is 17.3 Å². The normalized spacial score (nSPS) is 10.1.